The Morgan fingerprint density at radius 2 is 1.89 bits per heavy atom. The number of aliphatic hydroxyl groups excluding tert-OH is 2. The lowest BCUT2D eigenvalue weighted by Gasteiger charge is -2.14. The summed E-state index contributed by atoms with van der Waals surface area (Å²) in [5, 5.41) is 25.1. The van der Waals surface area contributed by atoms with Crippen molar-refractivity contribution < 1.29 is 10.2 Å². The molecule has 0 radical (unpaired) electrons. The Morgan fingerprint density at radius 1 is 1.17 bits per heavy atom. The first-order chi connectivity index (χ1) is 8.67. The van der Waals surface area contributed by atoms with E-state index < -0.39 is 12.2 Å². The van der Waals surface area contributed by atoms with Crippen LogP contribution in [0.2, 0.25) is 0 Å². The molecule has 1 heterocycles. The van der Waals surface area contributed by atoms with Crippen LogP contribution in [-0.4, -0.2) is 32.2 Å². The minimum absolute atomic E-state index is 0.391. The summed E-state index contributed by atoms with van der Waals surface area (Å²) in [7, 11) is 0. The molecule has 4 nitrogen and oxygen atoms in total. The van der Waals surface area contributed by atoms with Crippen LogP contribution in [0, 0.1) is 0 Å². The fraction of sp³-hybridized carbons (Fsp3) is 0.500. The van der Waals surface area contributed by atoms with Crippen molar-refractivity contribution in [1.29, 1.82) is 0 Å². The first-order valence-electron chi connectivity index (χ1n) is 6.47. The molecular formula is C14H20N2O2. The molecular weight excluding hydrogens is 228 g/mol. The summed E-state index contributed by atoms with van der Waals surface area (Å²) in [6.45, 7) is 4.70. The van der Waals surface area contributed by atoms with Gasteiger partial charge in [-0.05, 0) is 19.4 Å². The van der Waals surface area contributed by atoms with Gasteiger partial charge >= 0.3 is 0 Å². The molecule has 0 aliphatic heterocycles. The Kier molecular flexibility index (Phi) is 3.99. The van der Waals surface area contributed by atoms with Gasteiger partial charge in [-0.15, -0.1) is 0 Å². The number of rotatable bonds is 5. The molecule has 98 valence electrons. The maximum absolute atomic E-state index is 9.91. The molecule has 1 aromatic carbocycles. The van der Waals surface area contributed by atoms with Gasteiger partial charge in [-0.2, -0.15) is 5.10 Å². The molecule has 2 rings (SSSR count). The van der Waals surface area contributed by atoms with Crippen LogP contribution < -0.4 is 0 Å². The summed E-state index contributed by atoms with van der Waals surface area (Å²) in [5.74, 6) is 0. The average Bonchev–Trinajstić information content (AvgIpc) is 2.76. The second kappa shape index (κ2) is 5.50. The van der Waals surface area contributed by atoms with Gasteiger partial charge in [-0.25, -0.2) is 0 Å². The lowest BCUT2D eigenvalue weighted by Crippen LogP contribution is -2.27. The predicted octanol–water partition coefficient (Wildman–Crippen LogP) is 1.73. The van der Waals surface area contributed by atoms with Crippen molar-refractivity contribution in [1.82, 2.24) is 9.78 Å². The van der Waals surface area contributed by atoms with E-state index in [0.29, 0.717) is 12.8 Å². The molecule has 2 atom stereocenters. The number of hydrogen-bond donors (Lipinski definition) is 2. The monoisotopic (exact) mass is 248 g/mol. The number of fused-ring (bicyclic) bond motifs is 1. The molecule has 0 spiro atoms. The number of aromatic nitrogens is 2. The van der Waals surface area contributed by atoms with Crippen molar-refractivity contribution in [3.05, 3.63) is 30.0 Å². The van der Waals surface area contributed by atoms with Gasteiger partial charge in [0.25, 0.3) is 0 Å². The van der Waals surface area contributed by atoms with E-state index in [1.165, 1.54) is 0 Å². The van der Waals surface area contributed by atoms with E-state index in [-0.39, 0.29) is 0 Å². The van der Waals surface area contributed by atoms with Gasteiger partial charge in [-0.3, -0.25) is 4.68 Å². The molecule has 0 aliphatic carbocycles. The van der Waals surface area contributed by atoms with Crippen molar-refractivity contribution in [3.8, 4) is 0 Å². The molecule has 0 saturated heterocycles. The summed E-state index contributed by atoms with van der Waals surface area (Å²) in [4.78, 5) is 0. The highest BCUT2D eigenvalue weighted by Crippen LogP contribution is 2.20. The summed E-state index contributed by atoms with van der Waals surface area (Å²) < 4.78 is 1.93. The van der Waals surface area contributed by atoms with Crippen LogP contribution in [-0.2, 0) is 13.0 Å². The van der Waals surface area contributed by atoms with E-state index in [9.17, 15) is 10.2 Å². The fourth-order valence-corrected chi connectivity index (χ4v) is 2.19. The second-order valence-corrected chi connectivity index (χ2v) is 4.53. The number of aryl methyl sites for hydroxylation is 1. The highest BCUT2D eigenvalue weighted by molar-refractivity contribution is 5.82. The van der Waals surface area contributed by atoms with E-state index in [1.807, 2.05) is 42.8 Å². The Morgan fingerprint density at radius 3 is 2.56 bits per heavy atom. The van der Waals surface area contributed by atoms with Gasteiger partial charge in [0.1, 0.15) is 0 Å². The highest BCUT2D eigenvalue weighted by atomic mass is 16.3. The minimum atomic E-state index is -0.751. The molecule has 0 saturated carbocycles. The molecule has 0 fully saturated rings. The normalized spacial score (nSPS) is 14.9. The minimum Gasteiger partial charge on any atom is -0.390 e. The fourth-order valence-electron chi connectivity index (χ4n) is 2.19. The second-order valence-electron chi connectivity index (χ2n) is 4.53. The Labute approximate surface area is 107 Å². The quantitative estimate of drug-likeness (QED) is 0.847. The SMILES string of the molecule is CCC(O)C(O)Cc1nn(CC)c2ccccc12. The van der Waals surface area contributed by atoms with Crippen molar-refractivity contribution in [2.24, 2.45) is 0 Å². The summed E-state index contributed by atoms with van der Waals surface area (Å²) in [6.07, 6.45) is -0.495. The highest BCUT2D eigenvalue weighted by Gasteiger charge is 2.18. The molecule has 2 unspecified atom stereocenters. The van der Waals surface area contributed by atoms with Crippen LogP contribution in [0.3, 0.4) is 0 Å². The van der Waals surface area contributed by atoms with Crippen LogP contribution in [0.15, 0.2) is 24.3 Å². The third-order valence-corrected chi connectivity index (χ3v) is 3.30. The molecule has 1 aromatic heterocycles. The average molecular weight is 248 g/mol. The van der Waals surface area contributed by atoms with Crippen LogP contribution >= 0.6 is 0 Å². The Hall–Kier alpha value is -1.39. The van der Waals surface area contributed by atoms with Gasteiger partial charge in [0, 0.05) is 18.4 Å². The van der Waals surface area contributed by atoms with Crippen molar-refractivity contribution >= 4 is 10.9 Å². The van der Waals surface area contributed by atoms with Crippen molar-refractivity contribution in [2.45, 2.75) is 45.4 Å². The van der Waals surface area contributed by atoms with Gasteiger partial charge in [-0.1, -0.05) is 25.1 Å². The van der Waals surface area contributed by atoms with Crippen LogP contribution in [0.1, 0.15) is 26.0 Å². The van der Waals surface area contributed by atoms with Gasteiger partial charge < -0.3 is 10.2 Å². The van der Waals surface area contributed by atoms with Gasteiger partial charge in [0.15, 0.2) is 0 Å². The lowest BCUT2D eigenvalue weighted by molar-refractivity contribution is 0.0177. The van der Waals surface area contributed by atoms with Crippen LogP contribution in [0.25, 0.3) is 10.9 Å². The zero-order valence-electron chi connectivity index (χ0n) is 10.9. The summed E-state index contributed by atoms with van der Waals surface area (Å²) in [6, 6.07) is 7.99. The Balaban J connectivity index is 2.33. The van der Waals surface area contributed by atoms with Crippen molar-refractivity contribution in [2.75, 3.05) is 0 Å². The van der Waals surface area contributed by atoms with Crippen LogP contribution in [0.4, 0.5) is 0 Å². The van der Waals surface area contributed by atoms with E-state index in [0.717, 1.165) is 23.1 Å². The number of hydrogen-bond acceptors (Lipinski definition) is 3. The van der Waals surface area contributed by atoms with Gasteiger partial charge in [0.2, 0.25) is 0 Å². The van der Waals surface area contributed by atoms with E-state index in [2.05, 4.69) is 5.10 Å². The van der Waals surface area contributed by atoms with E-state index in [1.54, 1.807) is 0 Å². The zero-order valence-corrected chi connectivity index (χ0v) is 10.9. The van der Waals surface area contributed by atoms with E-state index >= 15 is 0 Å². The Bertz CT molecular complexity index is 521. The number of para-hydroxylation sites is 1. The van der Waals surface area contributed by atoms with E-state index in [4.69, 9.17) is 0 Å². The zero-order chi connectivity index (χ0) is 13.1. The first kappa shape index (κ1) is 13.1. The number of benzene rings is 1. The third-order valence-electron chi connectivity index (χ3n) is 3.30. The summed E-state index contributed by atoms with van der Waals surface area (Å²) >= 11 is 0. The molecule has 4 heteroatoms. The smallest absolute Gasteiger partial charge is 0.0855 e. The molecule has 18 heavy (non-hydrogen) atoms. The predicted molar refractivity (Wildman–Crippen MR) is 71.4 cm³/mol. The first-order valence-corrected chi connectivity index (χ1v) is 6.47. The molecule has 2 N–H and O–H groups in total. The molecule has 0 bridgehead atoms. The molecule has 0 amide bonds. The maximum Gasteiger partial charge on any atom is 0.0855 e. The number of nitrogens with zero attached hydrogens (tertiary/aromatic N) is 2. The lowest BCUT2D eigenvalue weighted by atomic mass is 10.0. The number of aliphatic hydroxyl groups is 2. The topological polar surface area (TPSA) is 58.3 Å². The molecule has 0 aliphatic rings. The largest absolute Gasteiger partial charge is 0.390 e. The summed E-state index contributed by atoms with van der Waals surface area (Å²) in [5.41, 5.74) is 1.93. The standard InChI is InChI=1S/C14H20N2O2/c1-3-13(17)14(18)9-11-10-7-5-6-8-12(10)16(4-2)15-11/h5-8,13-14,17-18H,3-4,9H2,1-2H3. The van der Waals surface area contributed by atoms with Gasteiger partial charge in [0.05, 0.1) is 23.4 Å². The van der Waals surface area contributed by atoms with Crippen molar-refractivity contribution in [3.63, 3.8) is 0 Å². The maximum atomic E-state index is 9.91. The molecule has 2 aromatic rings. The third kappa shape index (κ3) is 2.40. The van der Waals surface area contributed by atoms with Crippen LogP contribution in [0.5, 0.6) is 0 Å².